The molecule has 6 aromatic carbocycles. The molecule has 0 N–H and O–H groups in total. The third kappa shape index (κ3) is 12.9. The Morgan fingerprint density at radius 1 is 0.448 bits per heavy atom. The molecule has 0 aliphatic carbocycles. The zero-order valence-corrected chi connectivity index (χ0v) is 43.9. The Balaban J connectivity index is 0.000000232. The zero-order valence-electron chi connectivity index (χ0n) is 35.4. The van der Waals surface area contributed by atoms with Gasteiger partial charge in [0.15, 0.2) is 0 Å². The third-order valence-electron chi connectivity index (χ3n) is 9.91. The zero-order chi connectivity index (χ0) is 43.8. The summed E-state index contributed by atoms with van der Waals surface area (Å²) in [7, 11) is 12.7. The van der Waals surface area contributed by atoms with Crippen LogP contribution in [0.1, 0.15) is 128 Å². The molecule has 0 atom stereocenters. The van der Waals surface area contributed by atoms with E-state index in [1.165, 1.54) is 43.8 Å². The molecule has 0 fully saturated rings. The molecule has 0 unspecified atom stereocenters. The summed E-state index contributed by atoms with van der Waals surface area (Å²) in [6.45, 7) is 28.0. The van der Waals surface area contributed by atoms with E-state index in [2.05, 4.69) is 113 Å². The van der Waals surface area contributed by atoms with Crippen molar-refractivity contribution < 1.29 is 18.9 Å². The fourth-order valence-corrected chi connectivity index (χ4v) is 12.1. The minimum atomic E-state index is -2.89. The van der Waals surface area contributed by atoms with Gasteiger partial charge in [0.25, 0.3) is 0 Å². The van der Waals surface area contributed by atoms with Crippen LogP contribution in [0.2, 0.25) is 0 Å². The normalized spacial score (nSPS) is 12.8. The first-order chi connectivity index (χ1) is 26.4. The van der Waals surface area contributed by atoms with E-state index < -0.39 is 26.5 Å². The minimum absolute atomic E-state index is 0.124. The van der Waals surface area contributed by atoms with Crippen LogP contribution in [0.5, 0.6) is 0 Å². The SMILES string of the molecule is CC(C)(C)c1cc2[cH-]c3cc(C(C)(C)C)c(C(C)(C)C)cc3c2cc1C(C)(C)C.[Cl][Zr]([Cl])=[C](c1cccc(C(Cl)(Cl)Cl)c1)c1cccc(C(Cl)(Cl)Cl)c1.c1cc[cH-]c1. The molecule has 58 heavy (non-hydrogen) atoms. The Morgan fingerprint density at radius 2 is 0.776 bits per heavy atom. The monoisotopic (exact) mass is 1010 g/mol. The smallest absolute Gasteiger partial charge is 0.172 e. The number of alkyl halides is 6. The summed E-state index contributed by atoms with van der Waals surface area (Å²) in [5.74, 6) is 0. The van der Waals surface area contributed by atoms with Crippen molar-refractivity contribution in [3.05, 3.63) is 154 Å². The molecular weight excluding hydrogens is 963 g/mol. The van der Waals surface area contributed by atoms with Crippen LogP contribution in [0.3, 0.4) is 0 Å². The number of rotatable bonds is 2. The van der Waals surface area contributed by atoms with Crippen molar-refractivity contribution in [2.24, 2.45) is 0 Å². The van der Waals surface area contributed by atoms with Gasteiger partial charge in [0, 0.05) is 0 Å². The number of hydrogen-bond acceptors (Lipinski definition) is 0. The topological polar surface area (TPSA) is 0 Å². The van der Waals surface area contributed by atoms with Crippen LogP contribution in [-0.4, -0.2) is 3.21 Å². The maximum Gasteiger partial charge on any atom is -0.172 e. The molecule has 9 heteroatoms. The van der Waals surface area contributed by atoms with E-state index in [1.807, 2.05) is 42.5 Å². The predicted molar refractivity (Wildman–Crippen MR) is 260 cm³/mol. The summed E-state index contributed by atoms with van der Waals surface area (Å²) in [4.78, 5) is 0. The van der Waals surface area contributed by atoms with Gasteiger partial charge in [0.2, 0.25) is 0 Å². The Labute approximate surface area is 392 Å². The van der Waals surface area contributed by atoms with Crippen LogP contribution >= 0.6 is 86.6 Å². The van der Waals surface area contributed by atoms with E-state index in [4.69, 9.17) is 86.6 Å². The molecule has 0 amide bonds. The van der Waals surface area contributed by atoms with Gasteiger partial charge in [-0.2, -0.15) is 18.2 Å². The molecule has 6 aromatic rings. The molecule has 0 aliphatic rings. The van der Waals surface area contributed by atoms with Gasteiger partial charge in [-0.05, 0) is 21.7 Å². The van der Waals surface area contributed by atoms with Crippen LogP contribution in [0.4, 0.5) is 0 Å². The van der Waals surface area contributed by atoms with Gasteiger partial charge < -0.3 is 0 Å². The van der Waals surface area contributed by atoms with Crippen molar-refractivity contribution >= 4 is 111 Å². The van der Waals surface area contributed by atoms with Crippen LogP contribution in [0.25, 0.3) is 21.5 Å². The van der Waals surface area contributed by atoms with Crippen molar-refractivity contribution in [1.82, 2.24) is 0 Å². The fraction of sp³-hybridized carbons (Fsp3) is 0.367. The third-order valence-corrected chi connectivity index (χ3v) is 15.8. The van der Waals surface area contributed by atoms with Gasteiger partial charge in [0.1, 0.15) is 0 Å². The maximum atomic E-state index is 6.37. The van der Waals surface area contributed by atoms with E-state index >= 15 is 0 Å². The van der Waals surface area contributed by atoms with Gasteiger partial charge >= 0.3 is 187 Å². The van der Waals surface area contributed by atoms with Crippen LogP contribution in [-0.2, 0) is 48.1 Å². The van der Waals surface area contributed by atoms with Crippen molar-refractivity contribution in [2.45, 2.75) is 112 Å². The number of hydrogen-bond donors (Lipinski definition) is 0. The summed E-state index contributed by atoms with van der Waals surface area (Å²) in [5, 5.41) is 5.57. The second-order valence-corrected chi connectivity index (χ2v) is 31.6. The molecule has 0 radical (unpaired) electrons. The molecule has 0 spiro atoms. The molecule has 0 saturated carbocycles. The maximum absolute atomic E-state index is 6.37. The van der Waals surface area contributed by atoms with E-state index in [1.54, 1.807) is 36.4 Å². The number of halogens is 8. The minimum Gasteiger partial charge on any atom is -0.214 e. The quantitative estimate of drug-likeness (QED) is 0.120. The Bertz CT molecular complexity index is 2190. The van der Waals surface area contributed by atoms with E-state index in [9.17, 15) is 0 Å². The Kier molecular flexibility index (Phi) is 16.2. The standard InChI is InChI=1S/C29H41.C15H8Cl6.C5H5.2ClH.Zr/c1-26(2,3)22-14-18-13-19-15-23(27(4,5)6)25(29(10,11)12)17-21(19)20(18)16-24(22)28(7,8)9;16-14(17,18)12-5-1-3-10(8-12)7-11-4-2-6-13(9-11)15(19,20)21;1-2-4-5-3-1;;;/h13-17H,1-12H3;1-6,8-9H;1-5H;2*1H;/q-1;;-1;;;+2/p-2. The van der Waals surface area contributed by atoms with Crippen LogP contribution in [0.15, 0.2) is 109 Å². The summed E-state index contributed by atoms with van der Waals surface area (Å²) in [6, 6.07) is 36.6. The summed E-state index contributed by atoms with van der Waals surface area (Å²) >= 11 is 32.9. The summed E-state index contributed by atoms with van der Waals surface area (Å²) in [6.07, 6.45) is 0. The average Bonchev–Trinajstić information content (AvgIpc) is 3.77. The van der Waals surface area contributed by atoms with Gasteiger partial charge in [0.05, 0.1) is 0 Å². The average molecular weight is 1020 g/mol. The molecule has 0 aliphatic heterocycles. The molecule has 0 nitrogen and oxygen atoms in total. The van der Waals surface area contributed by atoms with Crippen molar-refractivity contribution in [3.8, 4) is 0 Å². The van der Waals surface area contributed by atoms with E-state index in [0.29, 0.717) is 11.1 Å². The molecule has 0 aromatic heterocycles. The Hall–Kier alpha value is -0.827. The van der Waals surface area contributed by atoms with Crippen LogP contribution in [0, 0.1) is 0 Å². The molecule has 0 heterocycles. The molecule has 6 rings (SSSR count). The molecule has 0 bridgehead atoms. The van der Waals surface area contributed by atoms with Crippen molar-refractivity contribution in [2.75, 3.05) is 0 Å². The second-order valence-electron chi connectivity index (χ2n) is 18.9. The van der Waals surface area contributed by atoms with E-state index in [0.717, 1.165) is 14.3 Å². The second kappa shape index (κ2) is 18.9. The van der Waals surface area contributed by atoms with Crippen molar-refractivity contribution in [1.29, 1.82) is 0 Å². The van der Waals surface area contributed by atoms with Gasteiger partial charge in [-0.3, -0.25) is 0 Å². The molecular formula is C49H54Cl8Zr-2. The van der Waals surface area contributed by atoms with Crippen molar-refractivity contribution in [3.63, 3.8) is 0 Å². The van der Waals surface area contributed by atoms with E-state index in [-0.39, 0.29) is 21.7 Å². The number of fused-ring (bicyclic) bond motifs is 3. The molecule has 0 saturated heterocycles. The largest absolute Gasteiger partial charge is 0.214 e. The van der Waals surface area contributed by atoms with Gasteiger partial charge in [-0.25, -0.2) is 12.1 Å². The fourth-order valence-electron chi connectivity index (χ4n) is 7.00. The first-order valence-corrected chi connectivity index (χ1v) is 29.0. The van der Waals surface area contributed by atoms with Gasteiger partial charge in [-0.1, -0.05) is 117 Å². The van der Waals surface area contributed by atoms with Crippen LogP contribution < -0.4 is 0 Å². The summed E-state index contributed by atoms with van der Waals surface area (Å²) < 4.78 is -2.27. The summed E-state index contributed by atoms with van der Waals surface area (Å²) in [5.41, 5.74) is 9.04. The molecule has 312 valence electrons. The first kappa shape index (κ1) is 49.8. The Morgan fingerprint density at radius 3 is 1.03 bits per heavy atom. The number of benzene rings is 4. The van der Waals surface area contributed by atoms with Gasteiger partial charge in [-0.15, -0.1) is 39.7 Å². The predicted octanol–water partition coefficient (Wildman–Crippen LogP) is 18.1. The first-order valence-electron chi connectivity index (χ1n) is 19.2.